The van der Waals surface area contributed by atoms with E-state index < -0.39 is 0 Å². The Balaban J connectivity index is 1.84. The van der Waals surface area contributed by atoms with E-state index in [1.807, 2.05) is 69.3 Å². The summed E-state index contributed by atoms with van der Waals surface area (Å²) in [5, 5.41) is 5.62. The fourth-order valence-electron chi connectivity index (χ4n) is 2.16. The lowest BCUT2D eigenvalue weighted by Crippen LogP contribution is -2.28. The van der Waals surface area contributed by atoms with E-state index in [0.29, 0.717) is 18.8 Å². The second kappa shape index (κ2) is 8.82. The monoisotopic (exact) mass is 328 g/mol. The first kappa shape index (κ1) is 17.7. The number of ether oxygens (including phenoxy) is 2. The number of hydrogen-bond acceptors (Lipinski definition) is 3. The zero-order valence-corrected chi connectivity index (χ0v) is 14.3. The van der Waals surface area contributed by atoms with Crippen LogP contribution in [0.1, 0.15) is 26.3 Å². The van der Waals surface area contributed by atoms with Crippen LogP contribution in [0.2, 0.25) is 0 Å². The van der Waals surface area contributed by atoms with Crippen LogP contribution >= 0.6 is 0 Å². The summed E-state index contributed by atoms with van der Waals surface area (Å²) in [6, 6.07) is 14.7. The van der Waals surface area contributed by atoms with Crippen molar-refractivity contribution in [1.82, 2.24) is 5.32 Å². The van der Waals surface area contributed by atoms with Crippen LogP contribution in [-0.2, 0) is 6.54 Å². The van der Waals surface area contributed by atoms with E-state index in [-0.39, 0.29) is 12.1 Å². The van der Waals surface area contributed by atoms with Crippen molar-refractivity contribution in [3.63, 3.8) is 0 Å². The molecule has 0 aliphatic heterocycles. The van der Waals surface area contributed by atoms with Crippen LogP contribution in [-0.4, -0.2) is 18.7 Å². The first-order chi connectivity index (χ1) is 11.6. The molecule has 0 fully saturated rings. The van der Waals surface area contributed by atoms with Gasteiger partial charge in [-0.1, -0.05) is 12.1 Å². The third kappa shape index (κ3) is 5.83. The summed E-state index contributed by atoms with van der Waals surface area (Å²) < 4.78 is 11.0. The van der Waals surface area contributed by atoms with E-state index in [2.05, 4.69) is 10.6 Å². The van der Waals surface area contributed by atoms with Crippen LogP contribution < -0.4 is 20.1 Å². The van der Waals surface area contributed by atoms with Gasteiger partial charge < -0.3 is 20.1 Å². The van der Waals surface area contributed by atoms with Crippen LogP contribution in [0.5, 0.6) is 11.5 Å². The Hall–Kier alpha value is -2.69. The molecule has 2 N–H and O–H groups in total. The van der Waals surface area contributed by atoms with Crippen molar-refractivity contribution in [1.29, 1.82) is 0 Å². The predicted molar refractivity (Wildman–Crippen MR) is 95.7 cm³/mol. The van der Waals surface area contributed by atoms with Gasteiger partial charge in [-0.25, -0.2) is 4.79 Å². The van der Waals surface area contributed by atoms with E-state index in [1.165, 1.54) is 0 Å². The highest BCUT2D eigenvalue weighted by atomic mass is 16.5. The van der Waals surface area contributed by atoms with E-state index in [1.54, 1.807) is 0 Å². The highest BCUT2D eigenvalue weighted by molar-refractivity contribution is 5.89. The number of benzene rings is 2. The Morgan fingerprint density at radius 1 is 1.08 bits per heavy atom. The molecular weight excluding hydrogens is 304 g/mol. The smallest absolute Gasteiger partial charge is 0.319 e. The molecule has 5 nitrogen and oxygen atoms in total. The molecule has 0 aliphatic rings. The minimum absolute atomic E-state index is 0.121. The molecule has 24 heavy (non-hydrogen) atoms. The Kier molecular flexibility index (Phi) is 6.49. The zero-order chi connectivity index (χ0) is 17.4. The summed E-state index contributed by atoms with van der Waals surface area (Å²) in [7, 11) is 0. The van der Waals surface area contributed by atoms with Crippen molar-refractivity contribution in [3.05, 3.63) is 54.1 Å². The van der Waals surface area contributed by atoms with Crippen molar-refractivity contribution in [2.24, 2.45) is 0 Å². The van der Waals surface area contributed by atoms with Crippen LogP contribution in [0.25, 0.3) is 0 Å². The Morgan fingerprint density at radius 3 is 2.50 bits per heavy atom. The maximum atomic E-state index is 12.0. The second-order valence-corrected chi connectivity index (χ2v) is 5.58. The summed E-state index contributed by atoms with van der Waals surface area (Å²) in [6.45, 7) is 6.94. The molecule has 0 saturated heterocycles. The first-order valence-electron chi connectivity index (χ1n) is 8.10. The van der Waals surface area contributed by atoms with Crippen LogP contribution in [0.3, 0.4) is 0 Å². The third-order valence-corrected chi connectivity index (χ3v) is 3.15. The fourth-order valence-corrected chi connectivity index (χ4v) is 2.16. The molecule has 0 bridgehead atoms. The summed E-state index contributed by atoms with van der Waals surface area (Å²) in [6.07, 6.45) is 0.121. The number of amides is 2. The number of rotatable bonds is 7. The largest absolute Gasteiger partial charge is 0.494 e. The Bertz CT molecular complexity index is 654. The lowest BCUT2D eigenvalue weighted by atomic mass is 10.2. The second-order valence-electron chi connectivity index (χ2n) is 5.58. The fraction of sp³-hybridized carbons (Fsp3) is 0.316. The van der Waals surface area contributed by atoms with Crippen LogP contribution in [0.15, 0.2) is 48.5 Å². The summed E-state index contributed by atoms with van der Waals surface area (Å²) in [5.41, 5.74) is 1.70. The molecular formula is C19H24N2O3. The normalized spacial score (nSPS) is 10.3. The van der Waals surface area contributed by atoms with Gasteiger partial charge in [0.05, 0.1) is 12.7 Å². The molecule has 128 valence electrons. The lowest BCUT2D eigenvalue weighted by Gasteiger charge is -2.12. The SMILES string of the molecule is CCOc1ccc(NC(=O)NCc2cccc(OC(C)C)c2)cc1. The number of hydrogen-bond donors (Lipinski definition) is 2. The van der Waals surface area contributed by atoms with Gasteiger partial charge >= 0.3 is 6.03 Å². The van der Waals surface area contributed by atoms with Gasteiger partial charge in [-0.3, -0.25) is 0 Å². The average Bonchev–Trinajstić information content (AvgIpc) is 2.55. The summed E-state index contributed by atoms with van der Waals surface area (Å²) >= 11 is 0. The quantitative estimate of drug-likeness (QED) is 0.801. The molecule has 0 spiro atoms. The first-order valence-corrected chi connectivity index (χ1v) is 8.10. The van der Waals surface area contributed by atoms with Gasteiger partial charge in [0.15, 0.2) is 0 Å². The van der Waals surface area contributed by atoms with Gasteiger partial charge in [0, 0.05) is 12.2 Å². The molecule has 0 aliphatic carbocycles. The van der Waals surface area contributed by atoms with E-state index >= 15 is 0 Å². The minimum atomic E-state index is -0.255. The molecule has 5 heteroatoms. The molecule has 0 saturated carbocycles. The molecule has 0 radical (unpaired) electrons. The van der Waals surface area contributed by atoms with Crippen LogP contribution in [0, 0.1) is 0 Å². The van der Waals surface area contributed by atoms with Crippen molar-refractivity contribution in [3.8, 4) is 11.5 Å². The van der Waals surface area contributed by atoms with E-state index in [0.717, 1.165) is 17.1 Å². The van der Waals surface area contributed by atoms with Gasteiger partial charge in [-0.05, 0) is 62.7 Å². The van der Waals surface area contributed by atoms with Gasteiger partial charge in [0.2, 0.25) is 0 Å². The number of urea groups is 1. The number of nitrogens with one attached hydrogen (secondary N) is 2. The van der Waals surface area contributed by atoms with E-state index in [4.69, 9.17) is 9.47 Å². The highest BCUT2D eigenvalue weighted by Gasteiger charge is 2.04. The van der Waals surface area contributed by atoms with Gasteiger partial charge in [-0.15, -0.1) is 0 Å². The van der Waals surface area contributed by atoms with Gasteiger partial charge in [0.25, 0.3) is 0 Å². The molecule has 2 aromatic rings. The van der Waals surface area contributed by atoms with Crippen molar-refractivity contribution in [2.45, 2.75) is 33.4 Å². The summed E-state index contributed by atoms with van der Waals surface area (Å²) in [4.78, 5) is 12.0. The lowest BCUT2D eigenvalue weighted by molar-refractivity contribution is 0.242. The standard InChI is InChI=1S/C19H24N2O3/c1-4-23-17-10-8-16(9-11-17)21-19(22)20-13-15-6-5-7-18(12-15)24-14(2)3/h5-12,14H,4,13H2,1-3H3,(H2,20,21,22). The Labute approximate surface area is 143 Å². The number of carbonyl (C=O) groups is 1. The molecule has 0 atom stereocenters. The maximum Gasteiger partial charge on any atom is 0.319 e. The maximum absolute atomic E-state index is 12.0. The number of anilines is 1. The molecule has 0 heterocycles. The molecule has 0 unspecified atom stereocenters. The highest BCUT2D eigenvalue weighted by Crippen LogP contribution is 2.16. The predicted octanol–water partition coefficient (Wildman–Crippen LogP) is 4.19. The molecule has 2 aromatic carbocycles. The topological polar surface area (TPSA) is 59.6 Å². The van der Waals surface area contributed by atoms with E-state index in [9.17, 15) is 4.79 Å². The average molecular weight is 328 g/mol. The molecule has 2 rings (SSSR count). The van der Waals surface area contributed by atoms with Crippen molar-refractivity contribution < 1.29 is 14.3 Å². The van der Waals surface area contributed by atoms with Gasteiger partial charge in [0.1, 0.15) is 11.5 Å². The van der Waals surface area contributed by atoms with Gasteiger partial charge in [-0.2, -0.15) is 0 Å². The van der Waals surface area contributed by atoms with Crippen molar-refractivity contribution in [2.75, 3.05) is 11.9 Å². The van der Waals surface area contributed by atoms with Crippen LogP contribution in [0.4, 0.5) is 10.5 Å². The minimum Gasteiger partial charge on any atom is -0.494 e. The number of carbonyl (C=O) groups excluding carboxylic acids is 1. The Morgan fingerprint density at radius 2 is 1.83 bits per heavy atom. The van der Waals surface area contributed by atoms with Crippen molar-refractivity contribution >= 4 is 11.7 Å². The summed E-state index contributed by atoms with van der Waals surface area (Å²) in [5.74, 6) is 1.58. The zero-order valence-electron chi connectivity index (χ0n) is 14.3. The third-order valence-electron chi connectivity index (χ3n) is 3.15. The molecule has 0 aromatic heterocycles. The molecule has 2 amide bonds.